The van der Waals surface area contributed by atoms with E-state index in [9.17, 15) is 22.8 Å². The minimum absolute atomic E-state index is 0.0294. The Bertz CT molecular complexity index is 891. The molecule has 0 spiro atoms. The van der Waals surface area contributed by atoms with E-state index in [0.717, 1.165) is 12.1 Å². The van der Waals surface area contributed by atoms with Crippen molar-refractivity contribution in [3.8, 4) is 0 Å². The number of carbonyl (C=O) groups is 2. The molecule has 0 aliphatic carbocycles. The van der Waals surface area contributed by atoms with Gasteiger partial charge in [0.25, 0.3) is 5.91 Å². The topological polar surface area (TPSA) is 93.9 Å². The molecule has 2 aromatic rings. The Balaban J connectivity index is 1.72. The van der Waals surface area contributed by atoms with Crippen LogP contribution >= 0.6 is 0 Å². The van der Waals surface area contributed by atoms with Crippen LogP contribution in [0.2, 0.25) is 0 Å². The van der Waals surface area contributed by atoms with Gasteiger partial charge in [0, 0.05) is 19.2 Å². The van der Waals surface area contributed by atoms with E-state index < -0.39 is 30.2 Å². The molecule has 1 aromatic heterocycles. The van der Waals surface area contributed by atoms with Gasteiger partial charge in [0.2, 0.25) is 5.76 Å². The molecule has 156 valence electrons. The van der Waals surface area contributed by atoms with Crippen molar-refractivity contribution in [3.05, 3.63) is 41.3 Å². The molecule has 3 rings (SSSR count). The molecule has 2 heterocycles. The minimum Gasteiger partial charge on any atom is -0.450 e. The van der Waals surface area contributed by atoms with Crippen LogP contribution in [0.5, 0.6) is 0 Å². The maximum absolute atomic E-state index is 13.1. The second kappa shape index (κ2) is 8.52. The standard InChI is InChI=1S/C18H18F3N3O5/c1-11-8-15(29-23-11)17(26)28-10-16(25)22-13-9-12(18(19,20)21)2-3-14(13)24-4-6-27-7-5-24/h2-3,8-9H,4-7,10H2,1H3,(H,22,25). The number of halogens is 3. The summed E-state index contributed by atoms with van der Waals surface area (Å²) in [5.74, 6) is -1.87. The Kier molecular flexibility index (Phi) is 6.06. The molecule has 0 saturated carbocycles. The molecular weight excluding hydrogens is 395 g/mol. The highest BCUT2D eigenvalue weighted by Crippen LogP contribution is 2.35. The van der Waals surface area contributed by atoms with E-state index in [1.54, 1.807) is 6.92 Å². The lowest BCUT2D eigenvalue weighted by atomic mass is 10.1. The van der Waals surface area contributed by atoms with Gasteiger partial charge in [-0.1, -0.05) is 5.16 Å². The monoisotopic (exact) mass is 413 g/mol. The molecule has 8 nitrogen and oxygen atoms in total. The normalized spacial score (nSPS) is 14.6. The molecule has 11 heteroatoms. The highest BCUT2D eigenvalue weighted by atomic mass is 19.4. The molecule has 1 aliphatic rings. The fourth-order valence-electron chi connectivity index (χ4n) is 2.74. The van der Waals surface area contributed by atoms with Gasteiger partial charge in [0.15, 0.2) is 6.61 Å². The largest absolute Gasteiger partial charge is 0.450 e. The lowest BCUT2D eigenvalue weighted by molar-refractivity contribution is -0.137. The predicted octanol–water partition coefficient (Wildman–Crippen LogP) is 2.63. The summed E-state index contributed by atoms with van der Waals surface area (Å²) >= 11 is 0. The molecule has 0 radical (unpaired) electrons. The third-order valence-electron chi connectivity index (χ3n) is 4.11. The number of carbonyl (C=O) groups excluding carboxylic acids is 2. The molecule has 29 heavy (non-hydrogen) atoms. The van der Waals surface area contributed by atoms with Gasteiger partial charge in [-0.05, 0) is 25.1 Å². The number of aryl methyl sites for hydroxylation is 1. The van der Waals surface area contributed by atoms with Gasteiger partial charge < -0.3 is 24.2 Å². The van der Waals surface area contributed by atoms with Crippen LogP contribution in [0.1, 0.15) is 21.8 Å². The smallest absolute Gasteiger partial charge is 0.416 e. The summed E-state index contributed by atoms with van der Waals surface area (Å²) < 4.78 is 54.1. The van der Waals surface area contributed by atoms with Gasteiger partial charge >= 0.3 is 12.1 Å². The Hall–Kier alpha value is -3.08. The Morgan fingerprint density at radius 3 is 2.59 bits per heavy atom. The van der Waals surface area contributed by atoms with E-state index in [1.165, 1.54) is 12.1 Å². The summed E-state index contributed by atoms with van der Waals surface area (Å²) in [6.45, 7) is 2.68. The molecule has 1 N–H and O–H groups in total. The van der Waals surface area contributed by atoms with Gasteiger partial charge in [0.1, 0.15) is 0 Å². The summed E-state index contributed by atoms with van der Waals surface area (Å²) in [4.78, 5) is 25.8. The fraction of sp³-hybridized carbons (Fsp3) is 0.389. The number of amides is 1. The molecule has 1 aromatic carbocycles. The van der Waals surface area contributed by atoms with Crippen molar-refractivity contribution in [1.82, 2.24) is 5.16 Å². The van der Waals surface area contributed by atoms with Crippen molar-refractivity contribution in [2.75, 3.05) is 43.1 Å². The molecular formula is C18H18F3N3O5. The minimum atomic E-state index is -4.57. The number of benzene rings is 1. The van der Waals surface area contributed by atoms with E-state index in [1.807, 2.05) is 4.90 Å². The zero-order valence-electron chi connectivity index (χ0n) is 15.4. The van der Waals surface area contributed by atoms with Crippen LogP contribution in [-0.2, 0) is 20.4 Å². The molecule has 0 unspecified atom stereocenters. The third-order valence-corrected chi connectivity index (χ3v) is 4.11. The number of nitrogens with one attached hydrogen (secondary N) is 1. The predicted molar refractivity (Wildman–Crippen MR) is 94.6 cm³/mol. The van der Waals surface area contributed by atoms with Gasteiger partial charge in [-0.25, -0.2) is 4.79 Å². The second-order valence-electron chi connectivity index (χ2n) is 6.29. The Morgan fingerprint density at radius 1 is 1.24 bits per heavy atom. The van der Waals surface area contributed by atoms with E-state index in [0.29, 0.717) is 37.7 Å². The van der Waals surface area contributed by atoms with Gasteiger partial charge in [0.05, 0.1) is 35.8 Å². The van der Waals surface area contributed by atoms with Crippen LogP contribution in [0.3, 0.4) is 0 Å². The molecule has 1 amide bonds. The molecule has 1 aliphatic heterocycles. The average Bonchev–Trinajstić information content (AvgIpc) is 3.12. The number of ether oxygens (including phenoxy) is 2. The maximum Gasteiger partial charge on any atom is 0.416 e. The maximum atomic E-state index is 13.1. The SMILES string of the molecule is Cc1cc(C(=O)OCC(=O)Nc2cc(C(F)(F)F)ccc2N2CCOCC2)on1. The number of esters is 1. The molecule has 1 saturated heterocycles. The van der Waals surface area contributed by atoms with Gasteiger partial charge in [-0.2, -0.15) is 13.2 Å². The first-order chi connectivity index (χ1) is 13.7. The number of aromatic nitrogens is 1. The highest BCUT2D eigenvalue weighted by Gasteiger charge is 2.32. The van der Waals surface area contributed by atoms with E-state index in [4.69, 9.17) is 14.0 Å². The summed E-state index contributed by atoms with van der Waals surface area (Å²) in [7, 11) is 0. The van der Waals surface area contributed by atoms with E-state index >= 15 is 0 Å². The summed E-state index contributed by atoms with van der Waals surface area (Å²) in [5, 5.41) is 5.92. The van der Waals surface area contributed by atoms with Crippen LogP contribution in [0.4, 0.5) is 24.5 Å². The van der Waals surface area contributed by atoms with Crippen molar-refractivity contribution in [2.24, 2.45) is 0 Å². The third kappa shape index (κ3) is 5.25. The quantitative estimate of drug-likeness (QED) is 0.753. The summed E-state index contributed by atoms with van der Waals surface area (Å²) in [6, 6.07) is 4.44. The zero-order valence-corrected chi connectivity index (χ0v) is 15.4. The van der Waals surface area contributed by atoms with Gasteiger partial charge in [-0.3, -0.25) is 4.79 Å². The van der Waals surface area contributed by atoms with Crippen molar-refractivity contribution >= 4 is 23.3 Å². The number of morpholine rings is 1. The first kappa shape index (κ1) is 20.6. The molecule has 1 fully saturated rings. The Labute approximate surface area is 163 Å². The highest BCUT2D eigenvalue weighted by molar-refractivity contribution is 5.97. The van der Waals surface area contributed by atoms with Crippen molar-refractivity contribution in [2.45, 2.75) is 13.1 Å². The first-order valence-corrected chi connectivity index (χ1v) is 8.68. The second-order valence-corrected chi connectivity index (χ2v) is 6.29. The van der Waals surface area contributed by atoms with E-state index in [-0.39, 0.29) is 11.4 Å². The molecule has 0 bridgehead atoms. The first-order valence-electron chi connectivity index (χ1n) is 8.68. The molecule has 0 atom stereocenters. The Morgan fingerprint density at radius 2 is 1.97 bits per heavy atom. The number of rotatable bonds is 5. The zero-order chi connectivity index (χ0) is 21.0. The summed E-state index contributed by atoms with van der Waals surface area (Å²) in [6.07, 6.45) is -4.57. The van der Waals surface area contributed by atoms with Crippen molar-refractivity contribution in [1.29, 1.82) is 0 Å². The number of hydrogen-bond donors (Lipinski definition) is 1. The van der Waals surface area contributed by atoms with E-state index in [2.05, 4.69) is 10.5 Å². The number of nitrogens with zero attached hydrogens (tertiary/aromatic N) is 2. The summed E-state index contributed by atoms with van der Waals surface area (Å²) in [5.41, 5.74) is -0.0513. The van der Waals surface area contributed by atoms with Crippen LogP contribution in [0, 0.1) is 6.92 Å². The van der Waals surface area contributed by atoms with Crippen LogP contribution in [-0.4, -0.2) is 49.9 Å². The number of alkyl halides is 3. The fourth-order valence-corrected chi connectivity index (χ4v) is 2.74. The van der Waals surface area contributed by atoms with Crippen LogP contribution < -0.4 is 10.2 Å². The lowest BCUT2D eigenvalue weighted by Crippen LogP contribution is -2.37. The van der Waals surface area contributed by atoms with Gasteiger partial charge in [-0.15, -0.1) is 0 Å². The number of hydrogen-bond acceptors (Lipinski definition) is 7. The van der Waals surface area contributed by atoms with Crippen molar-refractivity contribution in [3.63, 3.8) is 0 Å². The average molecular weight is 413 g/mol. The van der Waals surface area contributed by atoms with Crippen LogP contribution in [0.25, 0.3) is 0 Å². The van der Waals surface area contributed by atoms with Crippen LogP contribution in [0.15, 0.2) is 28.8 Å². The lowest BCUT2D eigenvalue weighted by Gasteiger charge is -2.31. The van der Waals surface area contributed by atoms with Crippen molar-refractivity contribution < 1.29 is 36.8 Å². The number of anilines is 2.